The molecule has 2 atom stereocenters. The third-order valence-electron chi connectivity index (χ3n) is 3.12. The van der Waals surface area contributed by atoms with Crippen molar-refractivity contribution >= 4 is 0 Å². The number of nitrogens with zero attached hydrogens (tertiary/aromatic N) is 3. The lowest BCUT2D eigenvalue weighted by atomic mass is 9.90. The van der Waals surface area contributed by atoms with E-state index in [1.807, 2.05) is 25.1 Å². The third kappa shape index (κ3) is 3.38. The van der Waals surface area contributed by atoms with Gasteiger partial charge in [0.05, 0.1) is 12.3 Å². The smallest absolute Gasteiger partial charge is 0.231 e. The number of hydrogen-bond donors (Lipinski definition) is 1. The minimum Gasteiger partial charge on any atom is -0.339 e. The average Bonchev–Trinajstić information content (AvgIpc) is 2.77. The molecular weight excluding hydrogens is 240 g/mol. The molecule has 5 nitrogen and oxygen atoms in total. The molecule has 2 rings (SSSR count). The summed E-state index contributed by atoms with van der Waals surface area (Å²) in [6.45, 7) is 6.18. The summed E-state index contributed by atoms with van der Waals surface area (Å²) >= 11 is 0. The van der Waals surface area contributed by atoms with Gasteiger partial charge >= 0.3 is 0 Å². The van der Waals surface area contributed by atoms with Gasteiger partial charge in [0.15, 0.2) is 5.82 Å². The maximum absolute atomic E-state index is 5.99. The van der Waals surface area contributed by atoms with Gasteiger partial charge in [-0.3, -0.25) is 4.98 Å². The molecule has 19 heavy (non-hydrogen) atoms. The van der Waals surface area contributed by atoms with Crippen LogP contribution in [-0.2, 0) is 6.42 Å². The fourth-order valence-corrected chi connectivity index (χ4v) is 2.26. The first-order valence-electron chi connectivity index (χ1n) is 6.56. The number of pyridine rings is 1. The van der Waals surface area contributed by atoms with Crippen molar-refractivity contribution in [3.8, 4) is 0 Å². The fourth-order valence-electron chi connectivity index (χ4n) is 2.26. The molecule has 2 heterocycles. The maximum Gasteiger partial charge on any atom is 0.231 e. The Kier molecular flexibility index (Phi) is 4.27. The van der Waals surface area contributed by atoms with Gasteiger partial charge in [-0.05, 0) is 25.0 Å². The molecule has 2 unspecified atom stereocenters. The lowest BCUT2D eigenvalue weighted by molar-refractivity contribution is 0.298. The largest absolute Gasteiger partial charge is 0.339 e. The number of aromatic nitrogens is 3. The van der Waals surface area contributed by atoms with Crippen molar-refractivity contribution in [3.05, 3.63) is 41.8 Å². The quantitative estimate of drug-likeness (QED) is 0.891. The van der Waals surface area contributed by atoms with Crippen LogP contribution in [0.15, 0.2) is 28.9 Å². The Labute approximate surface area is 113 Å². The van der Waals surface area contributed by atoms with E-state index in [1.54, 1.807) is 6.20 Å². The van der Waals surface area contributed by atoms with Gasteiger partial charge in [-0.25, -0.2) is 0 Å². The first-order chi connectivity index (χ1) is 9.08. The van der Waals surface area contributed by atoms with Crippen molar-refractivity contribution in [3.63, 3.8) is 0 Å². The van der Waals surface area contributed by atoms with Crippen LogP contribution >= 0.6 is 0 Å². The van der Waals surface area contributed by atoms with Crippen LogP contribution in [0.5, 0.6) is 0 Å². The summed E-state index contributed by atoms with van der Waals surface area (Å²) in [5.74, 6) is 1.73. The predicted molar refractivity (Wildman–Crippen MR) is 72.6 cm³/mol. The highest BCUT2D eigenvalue weighted by Gasteiger charge is 2.26. The molecule has 2 aromatic heterocycles. The second kappa shape index (κ2) is 5.93. The van der Waals surface area contributed by atoms with Crippen LogP contribution in [0.25, 0.3) is 0 Å². The SMILES string of the molecule is CC(C)C(c1nc(Cc2ccccn2)no1)C(C)N. The number of hydrogen-bond acceptors (Lipinski definition) is 5. The molecule has 102 valence electrons. The molecule has 2 aromatic rings. The molecule has 0 saturated carbocycles. The first kappa shape index (κ1) is 13.7. The summed E-state index contributed by atoms with van der Waals surface area (Å²) in [5, 5.41) is 4.02. The van der Waals surface area contributed by atoms with Crippen LogP contribution in [0.3, 0.4) is 0 Å². The zero-order valence-electron chi connectivity index (χ0n) is 11.6. The molecule has 0 aliphatic rings. The third-order valence-corrected chi connectivity index (χ3v) is 3.12. The van der Waals surface area contributed by atoms with E-state index < -0.39 is 0 Å². The Bertz CT molecular complexity index is 499. The molecule has 0 aromatic carbocycles. The molecule has 0 saturated heterocycles. The van der Waals surface area contributed by atoms with Crippen LogP contribution in [0.2, 0.25) is 0 Å². The van der Waals surface area contributed by atoms with Crippen molar-refractivity contribution in [2.45, 2.75) is 39.2 Å². The Hall–Kier alpha value is -1.75. The molecule has 0 fully saturated rings. The standard InChI is InChI=1S/C14H20N4O/c1-9(2)13(10(3)15)14-17-12(18-19-14)8-11-6-4-5-7-16-11/h4-7,9-10,13H,8,15H2,1-3H3. The summed E-state index contributed by atoms with van der Waals surface area (Å²) in [7, 11) is 0. The van der Waals surface area contributed by atoms with Gasteiger partial charge in [-0.2, -0.15) is 4.98 Å². The van der Waals surface area contributed by atoms with Crippen molar-refractivity contribution in [1.82, 2.24) is 15.1 Å². The second-order valence-corrected chi connectivity index (χ2v) is 5.18. The molecule has 0 radical (unpaired) electrons. The minimum atomic E-state index is -0.0110. The van der Waals surface area contributed by atoms with E-state index in [1.165, 1.54) is 0 Å². The second-order valence-electron chi connectivity index (χ2n) is 5.18. The zero-order chi connectivity index (χ0) is 13.8. The van der Waals surface area contributed by atoms with Crippen LogP contribution in [-0.4, -0.2) is 21.2 Å². The Morgan fingerprint density at radius 1 is 1.26 bits per heavy atom. The molecular formula is C14H20N4O. The molecule has 0 aliphatic carbocycles. The Morgan fingerprint density at radius 2 is 2.05 bits per heavy atom. The van der Waals surface area contributed by atoms with Crippen LogP contribution in [0.4, 0.5) is 0 Å². The highest BCUT2D eigenvalue weighted by molar-refractivity contribution is 5.10. The lowest BCUT2D eigenvalue weighted by Gasteiger charge is -2.20. The normalized spacial score (nSPS) is 14.6. The molecule has 0 spiro atoms. The van der Waals surface area contributed by atoms with E-state index in [4.69, 9.17) is 10.3 Å². The zero-order valence-corrected chi connectivity index (χ0v) is 11.6. The highest BCUT2D eigenvalue weighted by Crippen LogP contribution is 2.25. The number of rotatable bonds is 5. The summed E-state index contributed by atoms with van der Waals surface area (Å²) in [5.41, 5.74) is 6.92. The maximum atomic E-state index is 5.99. The molecule has 0 amide bonds. The summed E-state index contributed by atoms with van der Waals surface area (Å²) in [4.78, 5) is 8.70. The Morgan fingerprint density at radius 3 is 2.63 bits per heavy atom. The van der Waals surface area contributed by atoms with Crippen LogP contribution < -0.4 is 5.73 Å². The minimum absolute atomic E-state index is 0.0110. The predicted octanol–water partition coefficient (Wildman–Crippen LogP) is 2.14. The van der Waals surface area contributed by atoms with Gasteiger partial charge in [0.25, 0.3) is 0 Å². The van der Waals surface area contributed by atoms with E-state index in [0.29, 0.717) is 24.1 Å². The lowest BCUT2D eigenvalue weighted by Crippen LogP contribution is -2.28. The molecule has 2 N–H and O–H groups in total. The molecule has 0 aliphatic heterocycles. The van der Waals surface area contributed by atoms with E-state index in [9.17, 15) is 0 Å². The van der Waals surface area contributed by atoms with E-state index in [2.05, 4.69) is 29.0 Å². The monoisotopic (exact) mass is 260 g/mol. The summed E-state index contributed by atoms with van der Waals surface area (Å²) in [6, 6.07) is 5.77. The average molecular weight is 260 g/mol. The highest BCUT2D eigenvalue weighted by atomic mass is 16.5. The van der Waals surface area contributed by atoms with E-state index >= 15 is 0 Å². The van der Waals surface area contributed by atoms with Crippen LogP contribution in [0, 0.1) is 5.92 Å². The number of nitrogens with two attached hydrogens (primary N) is 1. The van der Waals surface area contributed by atoms with E-state index in [0.717, 1.165) is 5.69 Å². The van der Waals surface area contributed by atoms with Gasteiger partial charge in [-0.1, -0.05) is 25.1 Å². The fraction of sp³-hybridized carbons (Fsp3) is 0.500. The molecule has 5 heteroatoms. The topological polar surface area (TPSA) is 77.8 Å². The van der Waals surface area contributed by atoms with Gasteiger partial charge in [0.1, 0.15) is 0 Å². The molecule has 0 bridgehead atoms. The Balaban J connectivity index is 2.14. The van der Waals surface area contributed by atoms with Crippen molar-refractivity contribution in [1.29, 1.82) is 0 Å². The van der Waals surface area contributed by atoms with E-state index in [-0.39, 0.29) is 12.0 Å². The van der Waals surface area contributed by atoms with Crippen molar-refractivity contribution < 1.29 is 4.52 Å². The van der Waals surface area contributed by atoms with Gasteiger partial charge in [0.2, 0.25) is 5.89 Å². The van der Waals surface area contributed by atoms with Crippen molar-refractivity contribution in [2.24, 2.45) is 11.7 Å². The van der Waals surface area contributed by atoms with Gasteiger partial charge < -0.3 is 10.3 Å². The summed E-state index contributed by atoms with van der Waals surface area (Å²) < 4.78 is 5.35. The van der Waals surface area contributed by atoms with Gasteiger partial charge in [-0.15, -0.1) is 0 Å². The first-order valence-corrected chi connectivity index (χ1v) is 6.56. The van der Waals surface area contributed by atoms with Crippen LogP contribution in [0.1, 0.15) is 44.1 Å². The summed E-state index contributed by atoms with van der Waals surface area (Å²) in [6.07, 6.45) is 2.34. The van der Waals surface area contributed by atoms with Gasteiger partial charge in [0, 0.05) is 17.9 Å². The van der Waals surface area contributed by atoms with Crippen molar-refractivity contribution in [2.75, 3.05) is 0 Å².